The summed E-state index contributed by atoms with van der Waals surface area (Å²) in [5.41, 5.74) is -0.604. The van der Waals surface area contributed by atoms with Gasteiger partial charge in [0.05, 0.1) is 6.26 Å². The van der Waals surface area contributed by atoms with Gasteiger partial charge in [-0.2, -0.15) is 8.42 Å². The van der Waals surface area contributed by atoms with Crippen molar-refractivity contribution in [1.82, 2.24) is 0 Å². The lowest BCUT2D eigenvalue weighted by molar-refractivity contribution is 0.208. The highest BCUT2D eigenvalue weighted by Gasteiger charge is 2.16. The average molecular weight is 150 g/mol. The van der Waals surface area contributed by atoms with E-state index in [0.29, 0.717) is 0 Å². The third-order valence-corrected chi connectivity index (χ3v) is 1.20. The first-order valence-electron chi connectivity index (χ1n) is 2.61. The van der Waals surface area contributed by atoms with Crippen LogP contribution in [0.25, 0.3) is 0 Å². The van der Waals surface area contributed by atoms with Gasteiger partial charge in [0.1, 0.15) is 7.85 Å². The zero-order chi connectivity index (χ0) is 7.71. The van der Waals surface area contributed by atoms with E-state index in [1.807, 2.05) is 0 Å². The highest BCUT2D eigenvalue weighted by molar-refractivity contribution is 7.86. The molecular formula is C4H11BO3S. The van der Waals surface area contributed by atoms with E-state index < -0.39 is 15.6 Å². The van der Waals surface area contributed by atoms with Crippen LogP contribution in [0, 0.1) is 0 Å². The normalized spacial score (nSPS) is 13.7. The molecule has 0 saturated heterocycles. The zero-order valence-electron chi connectivity index (χ0n) is 6.13. The highest BCUT2D eigenvalue weighted by Crippen LogP contribution is 2.05. The third kappa shape index (κ3) is 7.97. The van der Waals surface area contributed by atoms with Crippen LogP contribution in [-0.2, 0) is 14.3 Å². The Kier molecular flexibility index (Phi) is 2.30. The molecule has 0 spiro atoms. The summed E-state index contributed by atoms with van der Waals surface area (Å²) in [6, 6.07) is 0. The van der Waals surface area contributed by atoms with Gasteiger partial charge in [-0.3, -0.25) is 4.18 Å². The predicted octanol–water partition coefficient (Wildman–Crippen LogP) is -0.668. The van der Waals surface area contributed by atoms with Crippen molar-refractivity contribution in [3.63, 3.8) is 0 Å². The smallest absolute Gasteiger partial charge is 0.264 e. The van der Waals surface area contributed by atoms with Gasteiger partial charge in [-0.1, -0.05) is 0 Å². The van der Waals surface area contributed by atoms with E-state index in [2.05, 4.69) is 4.18 Å². The van der Waals surface area contributed by atoms with Crippen molar-refractivity contribution in [3.05, 3.63) is 0 Å². The predicted molar refractivity (Wildman–Crippen MR) is 38.6 cm³/mol. The van der Waals surface area contributed by atoms with E-state index in [1.165, 1.54) is 0 Å². The maximum Gasteiger partial charge on any atom is 0.264 e. The second-order valence-corrected chi connectivity index (χ2v) is 4.47. The van der Waals surface area contributed by atoms with E-state index in [0.717, 1.165) is 6.26 Å². The Morgan fingerprint density at radius 2 is 1.78 bits per heavy atom. The molecule has 0 aliphatic heterocycles. The van der Waals surface area contributed by atoms with Gasteiger partial charge in [0.25, 0.3) is 10.1 Å². The van der Waals surface area contributed by atoms with Crippen LogP contribution in [0.4, 0.5) is 0 Å². The van der Waals surface area contributed by atoms with Crippen LogP contribution < -0.4 is 0 Å². The van der Waals surface area contributed by atoms with Crippen molar-refractivity contribution in [3.8, 4) is 0 Å². The maximum atomic E-state index is 10.4. The van der Waals surface area contributed by atoms with Crippen LogP contribution in [-0.4, -0.2) is 28.0 Å². The molecule has 0 rings (SSSR count). The Morgan fingerprint density at radius 3 is 1.78 bits per heavy atom. The molecule has 0 aromatic rings. The molecule has 9 heavy (non-hydrogen) atoms. The van der Waals surface area contributed by atoms with Crippen molar-refractivity contribution in [2.45, 2.75) is 19.3 Å². The van der Waals surface area contributed by atoms with Gasteiger partial charge in [-0.25, -0.2) is 0 Å². The van der Waals surface area contributed by atoms with Crippen molar-refractivity contribution < 1.29 is 12.6 Å². The highest BCUT2D eigenvalue weighted by atomic mass is 32.2. The van der Waals surface area contributed by atoms with Crippen LogP contribution in [0.2, 0.25) is 0 Å². The minimum absolute atomic E-state index is 0.604. The van der Waals surface area contributed by atoms with Crippen molar-refractivity contribution >= 4 is 18.0 Å². The van der Waals surface area contributed by atoms with Gasteiger partial charge in [0, 0.05) is 5.50 Å². The molecule has 0 aliphatic carbocycles. The van der Waals surface area contributed by atoms with Gasteiger partial charge in [0.2, 0.25) is 0 Å². The first-order chi connectivity index (χ1) is 3.71. The summed E-state index contributed by atoms with van der Waals surface area (Å²) in [4.78, 5) is 0. The Morgan fingerprint density at radius 1 is 1.44 bits per heavy atom. The lowest BCUT2D eigenvalue weighted by Gasteiger charge is -2.16. The fourth-order valence-corrected chi connectivity index (χ4v) is 1.36. The molecule has 0 radical (unpaired) electrons. The molecular weight excluding hydrogens is 139 g/mol. The summed E-state index contributed by atoms with van der Waals surface area (Å²) in [5, 5.41) is 0. The molecule has 0 unspecified atom stereocenters. The molecule has 54 valence electrons. The molecule has 0 atom stereocenters. The first kappa shape index (κ1) is 8.97. The summed E-state index contributed by atoms with van der Waals surface area (Å²) in [5.74, 6) is 0. The van der Waals surface area contributed by atoms with Crippen molar-refractivity contribution in [1.29, 1.82) is 0 Å². The Labute approximate surface area is 56.9 Å². The summed E-state index contributed by atoms with van der Waals surface area (Å²) in [6.07, 6.45) is 1.04. The number of hydrogen-bond acceptors (Lipinski definition) is 3. The van der Waals surface area contributed by atoms with E-state index in [1.54, 1.807) is 21.7 Å². The molecule has 0 saturated carbocycles. The average Bonchev–Trinajstić information content (AvgIpc) is 1.14. The quantitative estimate of drug-likeness (QED) is 0.387. The minimum Gasteiger partial charge on any atom is -0.274 e. The van der Waals surface area contributed by atoms with E-state index in [4.69, 9.17) is 0 Å². The van der Waals surface area contributed by atoms with Crippen LogP contribution in [0.1, 0.15) is 13.8 Å². The van der Waals surface area contributed by atoms with E-state index >= 15 is 0 Å². The van der Waals surface area contributed by atoms with Gasteiger partial charge in [-0.15, -0.1) is 0 Å². The summed E-state index contributed by atoms with van der Waals surface area (Å²) in [6.45, 7) is 3.38. The Balaban J connectivity index is 4.07. The molecule has 3 nitrogen and oxygen atoms in total. The van der Waals surface area contributed by atoms with Crippen molar-refractivity contribution in [2.75, 3.05) is 6.26 Å². The van der Waals surface area contributed by atoms with Gasteiger partial charge in [0.15, 0.2) is 0 Å². The minimum atomic E-state index is -3.28. The molecule has 0 N–H and O–H groups in total. The zero-order valence-corrected chi connectivity index (χ0v) is 6.95. The summed E-state index contributed by atoms with van der Waals surface area (Å²) < 4.78 is 25.4. The summed E-state index contributed by atoms with van der Waals surface area (Å²) >= 11 is 0. The lowest BCUT2D eigenvalue weighted by atomic mass is 9.86. The first-order valence-corrected chi connectivity index (χ1v) is 4.43. The molecule has 0 aromatic carbocycles. The number of rotatable bonds is 2. The molecule has 0 bridgehead atoms. The Hall–Kier alpha value is -0.0251. The van der Waals surface area contributed by atoms with Crippen LogP contribution in [0.15, 0.2) is 0 Å². The van der Waals surface area contributed by atoms with Gasteiger partial charge >= 0.3 is 0 Å². The second-order valence-electron chi connectivity index (χ2n) is 2.90. The standard InChI is InChI=1S/C4H11BO3S/c1-4(2,5)8-9(3,6)7/h5H2,1-3H3. The Bertz CT molecular complexity index is 176. The van der Waals surface area contributed by atoms with E-state index in [-0.39, 0.29) is 0 Å². The fourth-order valence-electron chi connectivity index (χ4n) is 0.454. The maximum absolute atomic E-state index is 10.4. The lowest BCUT2D eigenvalue weighted by Crippen LogP contribution is -2.27. The number of hydrogen-bond donors (Lipinski definition) is 0. The fraction of sp³-hybridized carbons (Fsp3) is 1.00. The summed E-state index contributed by atoms with van der Waals surface area (Å²) in [7, 11) is -1.59. The molecule has 0 aliphatic rings. The molecule has 0 amide bonds. The van der Waals surface area contributed by atoms with E-state index in [9.17, 15) is 8.42 Å². The molecule has 0 fully saturated rings. The molecule has 0 heterocycles. The largest absolute Gasteiger partial charge is 0.274 e. The van der Waals surface area contributed by atoms with Gasteiger partial charge < -0.3 is 0 Å². The second kappa shape index (κ2) is 2.30. The van der Waals surface area contributed by atoms with Crippen LogP contribution >= 0.6 is 0 Å². The topological polar surface area (TPSA) is 43.4 Å². The van der Waals surface area contributed by atoms with Crippen LogP contribution in [0.5, 0.6) is 0 Å². The third-order valence-electron chi connectivity index (χ3n) is 0.401. The molecule has 5 heteroatoms. The SMILES string of the molecule is BC(C)(C)OS(C)(=O)=O. The van der Waals surface area contributed by atoms with Gasteiger partial charge in [-0.05, 0) is 13.8 Å². The van der Waals surface area contributed by atoms with Crippen molar-refractivity contribution in [2.24, 2.45) is 0 Å². The molecule has 0 aromatic heterocycles. The van der Waals surface area contributed by atoms with Crippen LogP contribution in [0.3, 0.4) is 0 Å². The monoisotopic (exact) mass is 150 g/mol.